The summed E-state index contributed by atoms with van der Waals surface area (Å²) in [5.41, 5.74) is 2.22. The first-order valence-corrected chi connectivity index (χ1v) is 7.92. The molecule has 2 aliphatic heterocycles. The van der Waals surface area contributed by atoms with Crippen LogP contribution in [0.15, 0.2) is 35.5 Å². The van der Waals surface area contributed by atoms with Crippen LogP contribution in [0, 0.1) is 11.3 Å². The second-order valence-corrected chi connectivity index (χ2v) is 7.54. The molecule has 0 aromatic carbocycles. The minimum Gasteiger partial charge on any atom is -0.428 e. The van der Waals surface area contributed by atoms with E-state index >= 15 is 0 Å². The van der Waals surface area contributed by atoms with Crippen molar-refractivity contribution in [2.45, 2.75) is 52.3 Å². The van der Waals surface area contributed by atoms with E-state index in [1.807, 2.05) is 19.9 Å². The average Bonchev–Trinajstić information content (AvgIpc) is 2.83. The summed E-state index contributed by atoms with van der Waals surface area (Å²) in [5.74, 6) is -1.17. The van der Waals surface area contributed by atoms with Gasteiger partial charge in [0.05, 0.1) is 12.7 Å². The van der Waals surface area contributed by atoms with Crippen molar-refractivity contribution in [2.75, 3.05) is 6.61 Å². The summed E-state index contributed by atoms with van der Waals surface area (Å²) < 4.78 is 17.0. The number of rotatable bonds is 2. The topological polar surface area (TPSA) is 65.0 Å². The van der Waals surface area contributed by atoms with Crippen molar-refractivity contribution >= 4 is 5.97 Å². The molecule has 126 valence electrons. The SMILES string of the molecule is C=C[C@@H]1CC(C)(C)[C@@H]2OC(C)(C)OCC(C3=CC(=O)OC3O)=C12. The van der Waals surface area contributed by atoms with Gasteiger partial charge in [0.2, 0.25) is 6.29 Å². The van der Waals surface area contributed by atoms with E-state index in [0.717, 1.165) is 17.6 Å². The molecule has 0 aromatic rings. The summed E-state index contributed by atoms with van der Waals surface area (Å²) in [6.07, 6.45) is 2.74. The third-order valence-corrected chi connectivity index (χ3v) is 4.85. The number of ether oxygens (including phenoxy) is 3. The molecule has 1 N–H and O–H groups in total. The van der Waals surface area contributed by atoms with Crippen LogP contribution in [0.5, 0.6) is 0 Å². The van der Waals surface area contributed by atoms with Gasteiger partial charge in [0.1, 0.15) is 0 Å². The lowest BCUT2D eigenvalue weighted by Crippen LogP contribution is -2.37. The van der Waals surface area contributed by atoms with Crippen molar-refractivity contribution in [3.63, 3.8) is 0 Å². The van der Waals surface area contributed by atoms with E-state index in [1.54, 1.807) is 0 Å². The summed E-state index contributed by atoms with van der Waals surface area (Å²) in [5, 5.41) is 10.1. The van der Waals surface area contributed by atoms with Crippen molar-refractivity contribution in [3.8, 4) is 0 Å². The summed E-state index contributed by atoms with van der Waals surface area (Å²) in [6.45, 7) is 12.3. The van der Waals surface area contributed by atoms with Crippen molar-refractivity contribution < 1.29 is 24.1 Å². The monoisotopic (exact) mass is 320 g/mol. The number of carbonyl (C=O) groups excluding carboxylic acids is 1. The first-order valence-electron chi connectivity index (χ1n) is 7.92. The Bertz CT molecular complexity index is 611. The number of esters is 1. The van der Waals surface area contributed by atoms with Gasteiger partial charge in [-0.15, -0.1) is 6.58 Å². The Kier molecular flexibility index (Phi) is 3.78. The highest BCUT2D eigenvalue weighted by molar-refractivity contribution is 5.87. The predicted octanol–water partition coefficient (Wildman–Crippen LogP) is 2.47. The molecule has 1 aliphatic carbocycles. The number of cyclic esters (lactones) is 1. The second kappa shape index (κ2) is 5.30. The third kappa shape index (κ3) is 2.77. The van der Waals surface area contributed by atoms with Crippen LogP contribution >= 0.6 is 0 Å². The Morgan fingerprint density at radius 2 is 2.04 bits per heavy atom. The predicted molar refractivity (Wildman–Crippen MR) is 84.2 cm³/mol. The molecule has 2 heterocycles. The number of carbonyl (C=O) groups is 1. The minimum atomic E-state index is -1.25. The van der Waals surface area contributed by atoms with E-state index in [9.17, 15) is 9.90 Å². The summed E-state index contributed by atoms with van der Waals surface area (Å²) >= 11 is 0. The molecular weight excluding hydrogens is 296 g/mol. The highest BCUT2D eigenvalue weighted by atomic mass is 16.7. The maximum absolute atomic E-state index is 11.5. The standard InChI is InChI=1S/C18H24O5/c1-6-10-8-17(2,3)15-14(10)12(9-21-18(4,5)23-15)11-7-13(19)22-16(11)20/h6-7,10,15-16,20H,1,8-9H2,2-5H3/t10-,15-,16?/m1/s1. The zero-order chi connectivity index (χ0) is 17.0. The zero-order valence-electron chi connectivity index (χ0n) is 14.1. The molecule has 5 nitrogen and oxygen atoms in total. The molecule has 0 saturated heterocycles. The van der Waals surface area contributed by atoms with Gasteiger partial charge in [-0.25, -0.2) is 4.79 Å². The van der Waals surface area contributed by atoms with Crippen LogP contribution in [-0.2, 0) is 19.0 Å². The fraction of sp³-hybridized carbons (Fsp3) is 0.611. The number of hydrogen-bond donors (Lipinski definition) is 1. The van der Waals surface area contributed by atoms with Crippen LogP contribution in [0.3, 0.4) is 0 Å². The Balaban J connectivity index is 2.15. The molecule has 3 atom stereocenters. The van der Waals surface area contributed by atoms with Gasteiger partial charge in [-0.1, -0.05) is 19.9 Å². The first kappa shape index (κ1) is 16.4. The molecule has 3 rings (SSSR count). The van der Waals surface area contributed by atoms with Gasteiger partial charge in [0.15, 0.2) is 5.79 Å². The van der Waals surface area contributed by atoms with Gasteiger partial charge in [-0.2, -0.15) is 0 Å². The molecule has 0 aromatic heterocycles. The van der Waals surface area contributed by atoms with Crippen LogP contribution in [0.1, 0.15) is 34.1 Å². The molecule has 0 spiro atoms. The number of aliphatic hydroxyl groups excluding tert-OH is 1. The van der Waals surface area contributed by atoms with Gasteiger partial charge in [0.25, 0.3) is 0 Å². The van der Waals surface area contributed by atoms with Gasteiger partial charge in [-0.05, 0) is 36.8 Å². The van der Waals surface area contributed by atoms with Crippen molar-refractivity contribution in [3.05, 3.63) is 35.5 Å². The van der Waals surface area contributed by atoms with Gasteiger partial charge in [0, 0.05) is 17.6 Å². The van der Waals surface area contributed by atoms with Crippen LogP contribution in [0.4, 0.5) is 0 Å². The number of fused-ring (bicyclic) bond motifs is 1. The van der Waals surface area contributed by atoms with E-state index < -0.39 is 18.0 Å². The van der Waals surface area contributed by atoms with E-state index in [-0.39, 0.29) is 24.0 Å². The molecule has 1 unspecified atom stereocenters. The molecular formula is C18H24O5. The first-order chi connectivity index (χ1) is 10.6. The molecule has 5 heteroatoms. The molecule has 1 saturated carbocycles. The maximum Gasteiger partial charge on any atom is 0.333 e. The van der Waals surface area contributed by atoms with E-state index in [4.69, 9.17) is 14.2 Å². The zero-order valence-corrected chi connectivity index (χ0v) is 14.1. The summed E-state index contributed by atoms with van der Waals surface area (Å²) in [4.78, 5) is 11.5. The maximum atomic E-state index is 11.5. The fourth-order valence-electron chi connectivity index (χ4n) is 3.75. The Hall–Kier alpha value is -1.43. The van der Waals surface area contributed by atoms with Crippen molar-refractivity contribution in [1.82, 2.24) is 0 Å². The van der Waals surface area contributed by atoms with Crippen LogP contribution in [0.2, 0.25) is 0 Å². The molecule has 3 aliphatic rings. The van der Waals surface area contributed by atoms with Gasteiger partial charge >= 0.3 is 5.97 Å². The quantitative estimate of drug-likeness (QED) is 0.625. The number of allylic oxidation sites excluding steroid dienone is 1. The number of aliphatic hydroxyl groups is 1. The smallest absolute Gasteiger partial charge is 0.333 e. The molecule has 1 fully saturated rings. The largest absolute Gasteiger partial charge is 0.428 e. The van der Waals surface area contributed by atoms with Crippen molar-refractivity contribution in [2.24, 2.45) is 11.3 Å². The second-order valence-electron chi connectivity index (χ2n) is 7.54. The summed E-state index contributed by atoms with van der Waals surface area (Å²) in [7, 11) is 0. The van der Waals surface area contributed by atoms with Crippen LogP contribution in [-0.4, -0.2) is 35.9 Å². The molecule has 23 heavy (non-hydrogen) atoms. The van der Waals surface area contributed by atoms with Crippen LogP contribution in [0.25, 0.3) is 0 Å². The lowest BCUT2D eigenvalue weighted by Gasteiger charge is -2.33. The fourth-order valence-corrected chi connectivity index (χ4v) is 3.75. The van der Waals surface area contributed by atoms with Gasteiger partial charge < -0.3 is 19.3 Å². The van der Waals surface area contributed by atoms with E-state index in [0.29, 0.717) is 5.57 Å². The number of hydrogen-bond acceptors (Lipinski definition) is 5. The lowest BCUT2D eigenvalue weighted by atomic mass is 9.87. The van der Waals surface area contributed by atoms with Gasteiger partial charge in [-0.3, -0.25) is 0 Å². The van der Waals surface area contributed by atoms with Crippen molar-refractivity contribution in [1.29, 1.82) is 0 Å². The Morgan fingerprint density at radius 3 is 2.61 bits per heavy atom. The van der Waals surface area contributed by atoms with E-state index in [2.05, 4.69) is 20.4 Å². The lowest BCUT2D eigenvalue weighted by molar-refractivity contribution is -0.233. The van der Waals surface area contributed by atoms with Crippen LogP contribution < -0.4 is 0 Å². The minimum absolute atomic E-state index is 0.0978. The Morgan fingerprint density at radius 1 is 1.35 bits per heavy atom. The third-order valence-electron chi connectivity index (χ3n) is 4.85. The van der Waals surface area contributed by atoms with E-state index in [1.165, 1.54) is 6.08 Å². The molecule has 0 amide bonds. The molecule has 0 bridgehead atoms. The average molecular weight is 320 g/mol. The highest BCUT2D eigenvalue weighted by Gasteiger charge is 2.50. The Labute approximate surface area is 136 Å². The molecule has 0 radical (unpaired) electrons. The highest BCUT2D eigenvalue weighted by Crippen LogP contribution is 2.52. The summed E-state index contributed by atoms with van der Waals surface area (Å²) in [6, 6.07) is 0. The normalized spacial score (nSPS) is 35.4.